The van der Waals surface area contributed by atoms with Gasteiger partial charge in [0.2, 0.25) is 5.78 Å². The highest BCUT2D eigenvalue weighted by atomic mass is 35.5. The first-order valence-corrected chi connectivity index (χ1v) is 6.77. The summed E-state index contributed by atoms with van der Waals surface area (Å²) in [5.74, 6) is -0.322. The molecule has 106 valence electrons. The first kappa shape index (κ1) is 15.0. The molecule has 2 heterocycles. The summed E-state index contributed by atoms with van der Waals surface area (Å²) in [6.45, 7) is 1.31. The number of carbonyl (C=O) groups is 1. The number of carbonyl (C=O) groups excluding carboxylic acids is 1. The highest BCUT2D eigenvalue weighted by molar-refractivity contribution is 6.37. The lowest BCUT2D eigenvalue weighted by molar-refractivity contribution is 0.102. The van der Waals surface area contributed by atoms with E-state index in [0.717, 1.165) is 6.54 Å². The van der Waals surface area contributed by atoms with Crippen molar-refractivity contribution in [1.82, 2.24) is 19.7 Å². The molecule has 2 rings (SSSR count). The second-order valence-electron chi connectivity index (χ2n) is 4.53. The Morgan fingerprint density at radius 1 is 1.35 bits per heavy atom. The average molecular weight is 313 g/mol. The van der Waals surface area contributed by atoms with Gasteiger partial charge >= 0.3 is 0 Å². The fraction of sp³-hybridized carbons (Fsp3) is 0.308. The lowest BCUT2D eigenvalue weighted by Crippen LogP contribution is -2.22. The summed E-state index contributed by atoms with van der Waals surface area (Å²) in [4.78, 5) is 18.5. The van der Waals surface area contributed by atoms with Crippen LogP contribution < -0.4 is 0 Å². The molecule has 0 aliphatic heterocycles. The van der Waals surface area contributed by atoms with E-state index in [1.807, 2.05) is 19.0 Å². The fourth-order valence-electron chi connectivity index (χ4n) is 1.72. The summed E-state index contributed by atoms with van der Waals surface area (Å²) in [6.07, 6.45) is 2.98. The third kappa shape index (κ3) is 3.17. The molecule has 0 radical (unpaired) electrons. The monoisotopic (exact) mass is 312 g/mol. The van der Waals surface area contributed by atoms with Gasteiger partial charge in [-0.1, -0.05) is 23.2 Å². The largest absolute Gasteiger partial charge is 0.308 e. The zero-order valence-corrected chi connectivity index (χ0v) is 12.7. The lowest BCUT2D eigenvalue weighted by atomic mass is 10.2. The molecular formula is C13H14Cl2N4O. The number of rotatable bonds is 5. The predicted octanol–water partition coefficient (Wildman–Crippen LogP) is 2.38. The van der Waals surface area contributed by atoms with Crippen molar-refractivity contribution in [1.29, 1.82) is 0 Å². The smallest absolute Gasteiger partial charge is 0.232 e. The molecule has 5 nitrogen and oxygen atoms in total. The molecule has 0 saturated carbocycles. The molecule has 7 heteroatoms. The van der Waals surface area contributed by atoms with Crippen LogP contribution in [0.3, 0.4) is 0 Å². The Labute approximate surface area is 127 Å². The Balaban J connectivity index is 2.35. The highest BCUT2D eigenvalue weighted by Gasteiger charge is 2.22. The topological polar surface area (TPSA) is 51.0 Å². The van der Waals surface area contributed by atoms with Gasteiger partial charge in [0.25, 0.3) is 0 Å². The standard InChI is InChI=1S/C13H14Cl2N4O/c1-18(2)6-7-19-12(10(15)8-17-19)13(20)11-9(14)4-3-5-16-11/h3-5,8H,6-7H2,1-2H3. The number of halogens is 2. The van der Waals surface area contributed by atoms with Gasteiger partial charge in [0.15, 0.2) is 0 Å². The number of hydrogen-bond acceptors (Lipinski definition) is 4. The van der Waals surface area contributed by atoms with E-state index in [4.69, 9.17) is 23.2 Å². The van der Waals surface area contributed by atoms with Gasteiger partial charge in [-0.2, -0.15) is 5.10 Å². The predicted molar refractivity (Wildman–Crippen MR) is 78.5 cm³/mol. The van der Waals surface area contributed by atoms with Gasteiger partial charge in [0.1, 0.15) is 11.4 Å². The quantitative estimate of drug-likeness (QED) is 0.795. The molecule has 0 amide bonds. The second-order valence-corrected chi connectivity index (χ2v) is 5.34. The molecule has 0 aliphatic carbocycles. The fourth-order valence-corrected chi connectivity index (χ4v) is 2.15. The normalized spacial score (nSPS) is 11.1. The van der Waals surface area contributed by atoms with Gasteiger partial charge in [0, 0.05) is 12.7 Å². The zero-order valence-electron chi connectivity index (χ0n) is 11.2. The minimum absolute atomic E-state index is 0.183. The van der Waals surface area contributed by atoms with E-state index in [2.05, 4.69) is 10.1 Å². The molecule has 0 atom stereocenters. The Morgan fingerprint density at radius 3 is 2.75 bits per heavy atom. The maximum absolute atomic E-state index is 12.5. The van der Waals surface area contributed by atoms with Crippen LogP contribution in [0, 0.1) is 0 Å². The Kier molecular flexibility index (Phi) is 4.75. The molecule has 0 saturated heterocycles. The summed E-state index contributed by atoms with van der Waals surface area (Å²) in [7, 11) is 3.89. The summed E-state index contributed by atoms with van der Waals surface area (Å²) in [5, 5.41) is 4.73. The molecule has 20 heavy (non-hydrogen) atoms. The lowest BCUT2D eigenvalue weighted by Gasteiger charge is -2.11. The molecule has 0 bridgehead atoms. The maximum Gasteiger partial charge on any atom is 0.232 e. The molecule has 0 spiro atoms. The van der Waals surface area contributed by atoms with Crippen molar-refractivity contribution in [3.8, 4) is 0 Å². The van der Waals surface area contributed by atoms with E-state index in [1.54, 1.807) is 16.8 Å². The number of pyridine rings is 1. The number of ketones is 1. The number of aromatic nitrogens is 3. The van der Waals surface area contributed by atoms with Crippen molar-refractivity contribution >= 4 is 29.0 Å². The van der Waals surface area contributed by atoms with Crippen molar-refractivity contribution in [3.05, 3.63) is 46.0 Å². The molecular weight excluding hydrogens is 299 g/mol. The second kappa shape index (κ2) is 6.35. The van der Waals surface area contributed by atoms with Crippen LogP contribution >= 0.6 is 23.2 Å². The average Bonchev–Trinajstić information content (AvgIpc) is 2.77. The van der Waals surface area contributed by atoms with Gasteiger partial charge in [-0.25, -0.2) is 0 Å². The minimum Gasteiger partial charge on any atom is -0.308 e. The molecule has 0 aromatic carbocycles. The molecule has 2 aromatic rings. The minimum atomic E-state index is -0.322. The van der Waals surface area contributed by atoms with Crippen LogP contribution in [0.25, 0.3) is 0 Å². The van der Waals surface area contributed by atoms with Gasteiger partial charge in [-0.3, -0.25) is 14.5 Å². The van der Waals surface area contributed by atoms with Crippen LogP contribution in [0.2, 0.25) is 10.0 Å². The maximum atomic E-state index is 12.5. The van der Waals surface area contributed by atoms with E-state index in [9.17, 15) is 4.79 Å². The molecule has 0 aliphatic rings. The van der Waals surface area contributed by atoms with Gasteiger partial charge in [-0.15, -0.1) is 0 Å². The van der Waals surface area contributed by atoms with E-state index in [1.165, 1.54) is 12.4 Å². The van der Waals surface area contributed by atoms with E-state index in [-0.39, 0.29) is 11.5 Å². The molecule has 0 N–H and O–H groups in total. The number of hydrogen-bond donors (Lipinski definition) is 0. The molecule has 2 aromatic heterocycles. The van der Waals surface area contributed by atoms with Crippen LogP contribution in [-0.4, -0.2) is 46.1 Å². The third-order valence-corrected chi connectivity index (χ3v) is 3.32. The zero-order chi connectivity index (χ0) is 14.7. The summed E-state index contributed by atoms with van der Waals surface area (Å²) in [5.41, 5.74) is 0.497. The van der Waals surface area contributed by atoms with Gasteiger partial charge in [-0.05, 0) is 26.2 Å². The summed E-state index contributed by atoms with van der Waals surface area (Å²) in [6, 6.07) is 3.29. The van der Waals surface area contributed by atoms with Crippen molar-refractivity contribution < 1.29 is 4.79 Å². The summed E-state index contributed by atoms with van der Waals surface area (Å²) < 4.78 is 1.58. The van der Waals surface area contributed by atoms with E-state index < -0.39 is 0 Å². The van der Waals surface area contributed by atoms with Crippen molar-refractivity contribution in [2.45, 2.75) is 6.54 Å². The molecule has 0 fully saturated rings. The van der Waals surface area contributed by atoms with Crippen molar-refractivity contribution in [3.63, 3.8) is 0 Å². The van der Waals surface area contributed by atoms with Crippen molar-refractivity contribution in [2.24, 2.45) is 0 Å². The van der Waals surface area contributed by atoms with Crippen molar-refractivity contribution in [2.75, 3.05) is 20.6 Å². The van der Waals surface area contributed by atoms with Crippen LogP contribution in [0.1, 0.15) is 16.2 Å². The first-order valence-electron chi connectivity index (χ1n) is 6.02. The summed E-state index contributed by atoms with van der Waals surface area (Å²) >= 11 is 12.1. The van der Waals surface area contributed by atoms with E-state index >= 15 is 0 Å². The van der Waals surface area contributed by atoms with Crippen LogP contribution in [0.5, 0.6) is 0 Å². The number of nitrogens with zero attached hydrogens (tertiary/aromatic N) is 4. The highest BCUT2D eigenvalue weighted by Crippen LogP contribution is 2.22. The van der Waals surface area contributed by atoms with Crippen LogP contribution in [0.4, 0.5) is 0 Å². The third-order valence-electron chi connectivity index (χ3n) is 2.74. The molecule has 0 unspecified atom stereocenters. The van der Waals surface area contributed by atoms with Crippen LogP contribution in [0.15, 0.2) is 24.5 Å². The number of likely N-dealkylation sites (N-methyl/N-ethyl adjacent to an activating group) is 1. The van der Waals surface area contributed by atoms with Gasteiger partial charge in [0.05, 0.1) is 22.8 Å². The SMILES string of the molecule is CN(C)CCn1ncc(Cl)c1C(=O)c1ncccc1Cl. The van der Waals surface area contributed by atoms with Gasteiger partial charge < -0.3 is 4.90 Å². The first-order chi connectivity index (χ1) is 9.50. The van der Waals surface area contributed by atoms with Crippen LogP contribution in [-0.2, 0) is 6.54 Å². The van der Waals surface area contributed by atoms with E-state index in [0.29, 0.717) is 22.3 Å². The Hall–Kier alpha value is -1.43. The Bertz CT molecular complexity index is 625. The Morgan fingerprint density at radius 2 is 2.10 bits per heavy atom.